The molecule has 0 radical (unpaired) electrons. The van der Waals surface area contributed by atoms with Gasteiger partial charge in [0.05, 0.1) is 19.8 Å². The molecule has 0 bridgehead atoms. The second-order valence-electron chi connectivity index (χ2n) is 9.97. The van der Waals surface area contributed by atoms with Crippen molar-refractivity contribution in [1.82, 2.24) is 14.7 Å². The molecule has 2 N–H and O–H groups in total. The van der Waals surface area contributed by atoms with Crippen molar-refractivity contribution in [2.45, 2.75) is 12.5 Å². The number of anilines is 1. The molecule has 1 aliphatic heterocycles. The van der Waals surface area contributed by atoms with Crippen molar-refractivity contribution in [2.24, 2.45) is 0 Å². The summed E-state index contributed by atoms with van der Waals surface area (Å²) in [7, 11) is 0. The average molecular weight is 567 g/mol. The van der Waals surface area contributed by atoms with Crippen molar-refractivity contribution in [1.29, 1.82) is 0 Å². The maximum absolute atomic E-state index is 13.2. The first-order valence-corrected chi connectivity index (χ1v) is 14.3. The third-order valence-electron chi connectivity index (χ3n) is 7.44. The van der Waals surface area contributed by atoms with E-state index >= 15 is 0 Å². The fourth-order valence-corrected chi connectivity index (χ4v) is 5.83. The van der Waals surface area contributed by atoms with Crippen LogP contribution in [0.2, 0.25) is 5.02 Å². The SMILES string of the molecule is CCN(CC(=O)Nc1cccc(Cl)c1)C1=CN(C(c2ccccc2)(c2ccccc2)c2ccccc2)CN1CCO. The molecule has 0 saturated heterocycles. The van der Waals surface area contributed by atoms with Crippen molar-refractivity contribution in [3.8, 4) is 0 Å². The van der Waals surface area contributed by atoms with Crippen LogP contribution in [0.4, 0.5) is 5.69 Å². The van der Waals surface area contributed by atoms with Gasteiger partial charge in [0.15, 0.2) is 0 Å². The molecule has 1 amide bonds. The molecule has 1 aliphatic rings. The van der Waals surface area contributed by atoms with Gasteiger partial charge in [0.2, 0.25) is 5.91 Å². The molecular weight excluding hydrogens is 532 g/mol. The Balaban J connectivity index is 1.58. The van der Waals surface area contributed by atoms with Crippen molar-refractivity contribution >= 4 is 23.2 Å². The molecule has 1 heterocycles. The molecule has 0 spiro atoms. The maximum atomic E-state index is 13.2. The first-order valence-electron chi connectivity index (χ1n) is 13.9. The number of aliphatic hydroxyl groups is 1. The van der Waals surface area contributed by atoms with E-state index in [1.807, 2.05) is 42.2 Å². The number of likely N-dealkylation sites (N-methyl/N-ethyl adjacent to an activating group) is 1. The number of β-amino-alcohol motifs (C(OH)–C–C–N with tert-alkyl or cyclic N) is 1. The number of hydrogen-bond acceptors (Lipinski definition) is 5. The van der Waals surface area contributed by atoms with Gasteiger partial charge in [-0.25, -0.2) is 0 Å². The summed E-state index contributed by atoms with van der Waals surface area (Å²) >= 11 is 6.12. The second kappa shape index (κ2) is 12.9. The Labute approximate surface area is 247 Å². The molecule has 0 saturated carbocycles. The van der Waals surface area contributed by atoms with Crippen LogP contribution in [0.5, 0.6) is 0 Å². The highest BCUT2D eigenvalue weighted by atomic mass is 35.5. The summed E-state index contributed by atoms with van der Waals surface area (Å²) in [5.74, 6) is 0.743. The van der Waals surface area contributed by atoms with E-state index < -0.39 is 5.54 Å². The summed E-state index contributed by atoms with van der Waals surface area (Å²) in [5.41, 5.74) is 3.38. The predicted octanol–water partition coefficient (Wildman–Crippen LogP) is 5.96. The molecule has 210 valence electrons. The lowest BCUT2D eigenvalue weighted by molar-refractivity contribution is -0.117. The molecule has 5 rings (SSSR count). The number of aliphatic hydroxyl groups excluding tert-OH is 1. The molecule has 7 heteroatoms. The number of nitrogens with one attached hydrogen (secondary N) is 1. The quantitative estimate of drug-likeness (QED) is 0.219. The van der Waals surface area contributed by atoms with Gasteiger partial charge in [0, 0.05) is 30.0 Å². The molecule has 0 aromatic heterocycles. The van der Waals surface area contributed by atoms with E-state index in [1.165, 1.54) is 0 Å². The number of carbonyl (C=O) groups excluding carboxylic acids is 1. The van der Waals surface area contributed by atoms with Crippen LogP contribution in [0.25, 0.3) is 0 Å². The normalized spacial score (nSPS) is 13.2. The van der Waals surface area contributed by atoms with Crippen LogP contribution in [0.1, 0.15) is 23.6 Å². The number of hydrogen-bond donors (Lipinski definition) is 2. The first-order chi connectivity index (χ1) is 20.1. The monoisotopic (exact) mass is 566 g/mol. The van der Waals surface area contributed by atoms with Crippen LogP contribution in [-0.2, 0) is 10.3 Å². The standard InChI is InChI=1S/C34H35ClN4O2/c1-2-37(24-32(41)36-31-20-12-19-30(35)23-31)33-25-39(26-38(33)21-22-40)34(27-13-6-3-7-14-27,28-15-8-4-9-16-28)29-17-10-5-11-18-29/h3-20,23,25,40H,2,21-22,24,26H2,1H3,(H,36,41). The van der Waals surface area contributed by atoms with Crippen LogP contribution in [0.3, 0.4) is 0 Å². The predicted molar refractivity (Wildman–Crippen MR) is 165 cm³/mol. The average Bonchev–Trinajstić information content (AvgIpc) is 3.42. The van der Waals surface area contributed by atoms with Crippen molar-refractivity contribution in [2.75, 3.05) is 38.2 Å². The van der Waals surface area contributed by atoms with Crippen LogP contribution in [0, 0.1) is 0 Å². The van der Waals surface area contributed by atoms with E-state index in [-0.39, 0.29) is 19.1 Å². The summed E-state index contributed by atoms with van der Waals surface area (Å²) in [6.07, 6.45) is 2.14. The molecule has 0 atom stereocenters. The van der Waals surface area contributed by atoms with Crippen LogP contribution < -0.4 is 5.32 Å². The molecule has 0 unspecified atom stereocenters. The Morgan fingerprint density at radius 1 is 0.878 bits per heavy atom. The summed E-state index contributed by atoms with van der Waals surface area (Å²) in [6, 6.07) is 38.7. The molecule has 6 nitrogen and oxygen atoms in total. The second-order valence-corrected chi connectivity index (χ2v) is 10.4. The minimum atomic E-state index is -0.651. The minimum absolute atomic E-state index is 0.00748. The highest BCUT2D eigenvalue weighted by Gasteiger charge is 2.44. The van der Waals surface area contributed by atoms with Gasteiger partial charge in [-0.15, -0.1) is 0 Å². The van der Waals surface area contributed by atoms with Gasteiger partial charge < -0.3 is 25.1 Å². The lowest BCUT2D eigenvalue weighted by Gasteiger charge is -2.44. The fraction of sp³-hybridized carbons (Fsp3) is 0.206. The maximum Gasteiger partial charge on any atom is 0.243 e. The van der Waals surface area contributed by atoms with Gasteiger partial charge in [-0.3, -0.25) is 4.79 Å². The highest BCUT2D eigenvalue weighted by molar-refractivity contribution is 6.30. The fourth-order valence-electron chi connectivity index (χ4n) is 5.64. The van der Waals surface area contributed by atoms with E-state index in [2.05, 4.69) is 94.1 Å². The van der Waals surface area contributed by atoms with Gasteiger partial charge in [-0.05, 0) is 41.8 Å². The Hall–Kier alpha value is -4.26. The smallest absolute Gasteiger partial charge is 0.243 e. The van der Waals surface area contributed by atoms with Crippen LogP contribution in [0.15, 0.2) is 127 Å². The number of amides is 1. The summed E-state index contributed by atoms with van der Waals surface area (Å²) < 4.78 is 0. The van der Waals surface area contributed by atoms with Crippen molar-refractivity contribution in [3.05, 3.63) is 149 Å². The van der Waals surface area contributed by atoms with E-state index in [4.69, 9.17) is 11.6 Å². The minimum Gasteiger partial charge on any atom is -0.395 e. The largest absolute Gasteiger partial charge is 0.395 e. The van der Waals surface area contributed by atoms with Gasteiger partial charge in [0.1, 0.15) is 11.4 Å². The number of halogens is 1. The lowest BCUT2D eigenvalue weighted by atomic mass is 9.76. The van der Waals surface area contributed by atoms with Crippen molar-refractivity contribution < 1.29 is 9.90 Å². The zero-order valence-electron chi connectivity index (χ0n) is 23.2. The van der Waals surface area contributed by atoms with Gasteiger partial charge in [0.25, 0.3) is 0 Å². The van der Waals surface area contributed by atoms with E-state index in [0.717, 1.165) is 22.5 Å². The Bertz CT molecular complexity index is 1370. The highest BCUT2D eigenvalue weighted by Crippen LogP contribution is 2.45. The summed E-state index contributed by atoms with van der Waals surface area (Å²) in [4.78, 5) is 19.7. The Morgan fingerprint density at radius 2 is 1.44 bits per heavy atom. The lowest BCUT2D eigenvalue weighted by Crippen LogP contribution is -2.47. The third kappa shape index (κ3) is 5.94. The number of carbonyl (C=O) groups is 1. The zero-order valence-corrected chi connectivity index (χ0v) is 23.9. The Morgan fingerprint density at radius 3 is 1.93 bits per heavy atom. The molecule has 0 fully saturated rings. The zero-order chi connectivity index (χ0) is 28.7. The third-order valence-corrected chi connectivity index (χ3v) is 7.68. The Kier molecular flexibility index (Phi) is 8.92. The van der Waals surface area contributed by atoms with Gasteiger partial charge >= 0.3 is 0 Å². The molecule has 4 aromatic rings. The van der Waals surface area contributed by atoms with Crippen LogP contribution in [-0.4, -0.2) is 58.6 Å². The topological polar surface area (TPSA) is 59.1 Å². The molecular formula is C34H35ClN4O2. The molecule has 41 heavy (non-hydrogen) atoms. The first kappa shape index (κ1) is 28.3. The number of rotatable bonds is 11. The number of nitrogens with zero attached hydrogens (tertiary/aromatic N) is 3. The summed E-state index contributed by atoms with van der Waals surface area (Å²) in [6.45, 7) is 3.75. The van der Waals surface area contributed by atoms with Crippen molar-refractivity contribution in [3.63, 3.8) is 0 Å². The summed E-state index contributed by atoms with van der Waals surface area (Å²) in [5, 5.41) is 13.6. The van der Waals surface area contributed by atoms with E-state index in [9.17, 15) is 9.90 Å². The van der Waals surface area contributed by atoms with Gasteiger partial charge in [-0.2, -0.15) is 0 Å². The van der Waals surface area contributed by atoms with Gasteiger partial charge in [-0.1, -0.05) is 109 Å². The van der Waals surface area contributed by atoms with Crippen LogP contribution >= 0.6 is 11.6 Å². The number of benzene rings is 4. The molecule has 4 aromatic carbocycles. The molecule has 0 aliphatic carbocycles. The van der Waals surface area contributed by atoms with E-state index in [1.54, 1.807) is 12.1 Å². The van der Waals surface area contributed by atoms with E-state index in [0.29, 0.717) is 30.5 Å².